The Labute approximate surface area is 37.9 Å². The molecule has 0 aliphatic rings. The first-order valence-corrected chi connectivity index (χ1v) is 1.52. The van der Waals surface area contributed by atoms with Crippen molar-refractivity contribution in [2.45, 2.75) is 0 Å². The molecule has 0 saturated carbocycles. The van der Waals surface area contributed by atoms with Crippen molar-refractivity contribution in [2.24, 2.45) is 0 Å². The second kappa shape index (κ2) is 2.51. The summed E-state index contributed by atoms with van der Waals surface area (Å²) in [6.07, 6.45) is 1.19. The van der Waals surface area contributed by atoms with E-state index in [-0.39, 0.29) is 5.76 Å². The molecule has 6 heavy (non-hydrogen) atoms. The molecule has 0 aromatic carbocycles. The van der Waals surface area contributed by atoms with Crippen LogP contribution in [0.15, 0.2) is 11.8 Å². The van der Waals surface area contributed by atoms with E-state index in [9.17, 15) is 0 Å². The van der Waals surface area contributed by atoms with Gasteiger partial charge in [0.25, 0.3) is 0 Å². The van der Waals surface area contributed by atoms with Crippen molar-refractivity contribution in [3.8, 4) is 0 Å². The van der Waals surface area contributed by atoms with Crippen LogP contribution in [0, 0.1) is 13.2 Å². The Morgan fingerprint density at radius 3 is 2.33 bits per heavy atom. The zero-order valence-electron chi connectivity index (χ0n) is 3.64. The minimum atomic E-state index is 0.245. The van der Waals surface area contributed by atoms with Gasteiger partial charge in [-0.3, -0.25) is 0 Å². The maximum Gasteiger partial charge on any atom is 0.118 e. The standard InChI is InChI=1S/C5H6O/c1-4-5(2)6-3/h1-2,4H,3H3. The number of allylic oxidation sites excluding steroid dienone is 1. The Balaban J connectivity index is 3.23. The highest BCUT2D eigenvalue weighted by Gasteiger charge is 1.72. The third-order valence-corrected chi connectivity index (χ3v) is 0.400. The number of rotatable bonds is 2. The monoisotopic (exact) mass is 82.0 g/mol. The molecule has 0 aliphatic carbocycles. The molecule has 0 fully saturated rings. The van der Waals surface area contributed by atoms with Crippen LogP contribution in [-0.4, -0.2) is 7.11 Å². The average molecular weight is 82.1 g/mol. The minimum Gasteiger partial charge on any atom is -0.497 e. The first-order valence-electron chi connectivity index (χ1n) is 1.52. The molecule has 0 bridgehead atoms. The van der Waals surface area contributed by atoms with E-state index < -0.39 is 0 Å². The third-order valence-electron chi connectivity index (χ3n) is 0.400. The molecule has 0 rings (SSSR count). The van der Waals surface area contributed by atoms with Gasteiger partial charge in [0, 0.05) is 0 Å². The summed E-state index contributed by atoms with van der Waals surface area (Å²) >= 11 is 0. The molecule has 0 aromatic rings. The summed E-state index contributed by atoms with van der Waals surface area (Å²) in [5, 5.41) is 0. The van der Waals surface area contributed by atoms with Gasteiger partial charge in [-0.25, -0.2) is 0 Å². The molecule has 2 radical (unpaired) electrons. The Bertz CT molecular complexity index is 64.3. The van der Waals surface area contributed by atoms with Gasteiger partial charge in [-0.2, -0.15) is 0 Å². The Kier molecular flexibility index (Phi) is 2.21. The van der Waals surface area contributed by atoms with Crippen LogP contribution in [0.2, 0.25) is 0 Å². The second-order valence-electron chi connectivity index (χ2n) is 0.773. The third kappa shape index (κ3) is 1.58. The summed E-state index contributed by atoms with van der Waals surface area (Å²) in [6, 6.07) is 0. The molecule has 0 heterocycles. The maximum atomic E-state index is 4.99. The normalized spacial score (nSPS) is 6.83. The van der Waals surface area contributed by atoms with Gasteiger partial charge in [-0.1, -0.05) is 6.58 Å². The van der Waals surface area contributed by atoms with Crippen molar-refractivity contribution in [1.29, 1.82) is 0 Å². The first kappa shape index (κ1) is 5.28. The SMILES string of the molecule is [CH]=CC(=[CH])OC. The summed E-state index contributed by atoms with van der Waals surface area (Å²) < 4.78 is 4.41. The Morgan fingerprint density at radius 2 is 2.33 bits per heavy atom. The van der Waals surface area contributed by atoms with Gasteiger partial charge in [0.1, 0.15) is 5.76 Å². The summed E-state index contributed by atoms with van der Waals surface area (Å²) in [5.74, 6) is 0.245. The van der Waals surface area contributed by atoms with E-state index in [1.807, 2.05) is 0 Å². The van der Waals surface area contributed by atoms with E-state index in [2.05, 4.69) is 4.74 Å². The van der Waals surface area contributed by atoms with Crippen LogP contribution in [0.5, 0.6) is 0 Å². The molecule has 0 aromatic heterocycles. The molecule has 1 heteroatoms. The molecule has 0 saturated heterocycles. The highest BCUT2D eigenvalue weighted by atomic mass is 16.5. The Hall–Kier alpha value is -0.720. The van der Waals surface area contributed by atoms with Crippen molar-refractivity contribution in [2.75, 3.05) is 7.11 Å². The van der Waals surface area contributed by atoms with E-state index in [0.717, 1.165) is 0 Å². The fraction of sp³-hybridized carbons (Fsp3) is 0.200. The fourth-order valence-electron chi connectivity index (χ4n) is 0.0680. The summed E-state index contributed by atoms with van der Waals surface area (Å²) in [6.45, 7) is 9.86. The van der Waals surface area contributed by atoms with Crippen LogP contribution in [0.1, 0.15) is 0 Å². The van der Waals surface area contributed by atoms with Gasteiger partial charge < -0.3 is 4.74 Å². The van der Waals surface area contributed by atoms with Crippen LogP contribution >= 0.6 is 0 Å². The number of methoxy groups -OCH3 is 1. The molecule has 0 amide bonds. The largest absolute Gasteiger partial charge is 0.497 e. The van der Waals surface area contributed by atoms with Crippen LogP contribution in [-0.2, 0) is 4.74 Å². The van der Waals surface area contributed by atoms with E-state index in [1.165, 1.54) is 13.2 Å². The van der Waals surface area contributed by atoms with Gasteiger partial charge >= 0.3 is 0 Å². The van der Waals surface area contributed by atoms with E-state index in [0.29, 0.717) is 0 Å². The smallest absolute Gasteiger partial charge is 0.118 e. The molecule has 0 N–H and O–H groups in total. The molecule has 0 aliphatic heterocycles. The summed E-state index contributed by atoms with van der Waals surface area (Å²) in [7, 11) is 1.46. The van der Waals surface area contributed by atoms with Gasteiger partial charge in [0.15, 0.2) is 0 Å². The van der Waals surface area contributed by atoms with Crippen molar-refractivity contribution in [3.63, 3.8) is 0 Å². The lowest BCUT2D eigenvalue weighted by Crippen LogP contribution is -1.73. The average Bonchev–Trinajstić information content (AvgIpc) is 1.65. The van der Waals surface area contributed by atoms with E-state index in [4.69, 9.17) is 13.2 Å². The number of hydrogen-bond donors (Lipinski definition) is 0. The van der Waals surface area contributed by atoms with E-state index in [1.54, 1.807) is 0 Å². The number of hydrogen-bond acceptors (Lipinski definition) is 1. The first-order chi connectivity index (χ1) is 2.81. The second-order valence-corrected chi connectivity index (χ2v) is 0.773. The van der Waals surface area contributed by atoms with Crippen molar-refractivity contribution in [3.05, 3.63) is 25.0 Å². The quantitative estimate of drug-likeness (QED) is 0.356. The lowest BCUT2D eigenvalue weighted by atomic mass is 10.6. The summed E-state index contributed by atoms with van der Waals surface area (Å²) in [4.78, 5) is 0. The molecule has 0 atom stereocenters. The maximum absolute atomic E-state index is 4.99. The minimum absolute atomic E-state index is 0.245. The van der Waals surface area contributed by atoms with Gasteiger partial charge in [0.05, 0.1) is 7.11 Å². The van der Waals surface area contributed by atoms with Crippen LogP contribution in [0.25, 0.3) is 0 Å². The molecule has 1 nitrogen and oxygen atoms in total. The van der Waals surface area contributed by atoms with Crippen molar-refractivity contribution in [1.82, 2.24) is 0 Å². The zero-order valence-corrected chi connectivity index (χ0v) is 3.64. The predicted molar refractivity (Wildman–Crippen MR) is 23.7 cm³/mol. The Morgan fingerprint density at radius 1 is 1.83 bits per heavy atom. The molecular formula is C5H6O. The topological polar surface area (TPSA) is 9.23 Å². The number of ether oxygens (including phenoxy) is 1. The zero-order chi connectivity index (χ0) is 4.99. The highest BCUT2D eigenvalue weighted by molar-refractivity contribution is 4.96. The molecule has 0 spiro atoms. The summed E-state index contributed by atoms with van der Waals surface area (Å²) in [5.41, 5.74) is 0. The van der Waals surface area contributed by atoms with E-state index >= 15 is 0 Å². The van der Waals surface area contributed by atoms with Crippen LogP contribution in [0.3, 0.4) is 0 Å². The molecule has 0 unspecified atom stereocenters. The lowest BCUT2D eigenvalue weighted by molar-refractivity contribution is 0.307. The van der Waals surface area contributed by atoms with Crippen LogP contribution in [0.4, 0.5) is 0 Å². The van der Waals surface area contributed by atoms with Gasteiger partial charge in [-0.15, -0.1) is 0 Å². The highest BCUT2D eigenvalue weighted by Crippen LogP contribution is 1.85. The van der Waals surface area contributed by atoms with Gasteiger partial charge in [-0.05, 0) is 12.7 Å². The fourth-order valence-corrected chi connectivity index (χ4v) is 0.0680. The van der Waals surface area contributed by atoms with Crippen molar-refractivity contribution >= 4 is 0 Å². The lowest BCUT2D eigenvalue weighted by Gasteiger charge is -1.89. The van der Waals surface area contributed by atoms with Crippen LogP contribution < -0.4 is 0 Å². The van der Waals surface area contributed by atoms with Crippen molar-refractivity contribution < 1.29 is 4.74 Å². The molecule has 32 valence electrons. The van der Waals surface area contributed by atoms with Gasteiger partial charge in [0.2, 0.25) is 0 Å². The predicted octanol–water partition coefficient (Wildman–Crippen LogP) is 0.939. The molecular weight excluding hydrogens is 76.1 g/mol.